The fourth-order valence-corrected chi connectivity index (χ4v) is 3.53. The molecule has 0 spiro atoms. The summed E-state index contributed by atoms with van der Waals surface area (Å²) in [6.45, 7) is 13.0. The van der Waals surface area contributed by atoms with Gasteiger partial charge in [0.25, 0.3) is 0 Å². The predicted molar refractivity (Wildman–Crippen MR) is 85.6 cm³/mol. The molecule has 114 valence electrons. The Labute approximate surface area is 121 Å². The highest BCUT2D eigenvalue weighted by Gasteiger charge is 2.30. The van der Waals surface area contributed by atoms with Crippen molar-refractivity contribution in [2.75, 3.05) is 26.7 Å². The van der Waals surface area contributed by atoms with Crippen molar-refractivity contribution < 1.29 is 0 Å². The van der Waals surface area contributed by atoms with Gasteiger partial charge >= 0.3 is 0 Å². The molecule has 0 bridgehead atoms. The van der Waals surface area contributed by atoms with Gasteiger partial charge in [-0.3, -0.25) is 0 Å². The minimum atomic E-state index is 0.418. The van der Waals surface area contributed by atoms with Crippen LogP contribution in [-0.2, 0) is 0 Å². The lowest BCUT2D eigenvalue weighted by atomic mass is 9.82. The van der Waals surface area contributed by atoms with E-state index in [4.69, 9.17) is 0 Å². The summed E-state index contributed by atoms with van der Waals surface area (Å²) >= 11 is 0. The monoisotopic (exact) mass is 268 g/mol. The molecule has 19 heavy (non-hydrogen) atoms. The third kappa shape index (κ3) is 5.43. The van der Waals surface area contributed by atoms with E-state index in [0.29, 0.717) is 5.41 Å². The molecule has 1 fully saturated rings. The lowest BCUT2D eigenvalue weighted by molar-refractivity contribution is 0.0877. The van der Waals surface area contributed by atoms with Gasteiger partial charge in [-0.25, -0.2) is 0 Å². The molecule has 0 aromatic heterocycles. The number of nitrogens with zero attached hydrogens (tertiary/aromatic N) is 1. The van der Waals surface area contributed by atoms with E-state index in [1.54, 1.807) is 0 Å². The zero-order valence-electron chi connectivity index (χ0n) is 14.0. The Morgan fingerprint density at radius 1 is 1.21 bits per heavy atom. The van der Waals surface area contributed by atoms with Gasteiger partial charge in [-0.1, -0.05) is 40.5 Å². The topological polar surface area (TPSA) is 15.3 Å². The van der Waals surface area contributed by atoms with Gasteiger partial charge in [0.1, 0.15) is 0 Å². The Bertz CT molecular complexity index is 241. The van der Waals surface area contributed by atoms with Gasteiger partial charge in [0.15, 0.2) is 0 Å². The van der Waals surface area contributed by atoms with Crippen LogP contribution in [0.4, 0.5) is 0 Å². The molecule has 0 amide bonds. The molecule has 3 unspecified atom stereocenters. The van der Waals surface area contributed by atoms with Crippen molar-refractivity contribution in [1.82, 2.24) is 10.2 Å². The van der Waals surface area contributed by atoms with E-state index >= 15 is 0 Å². The largest absolute Gasteiger partial charge is 0.316 e. The maximum atomic E-state index is 3.62. The summed E-state index contributed by atoms with van der Waals surface area (Å²) in [6.07, 6.45) is 8.18. The highest BCUT2D eigenvalue weighted by molar-refractivity contribution is 4.85. The van der Waals surface area contributed by atoms with Crippen LogP contribution in [0, 0.1) is 11.3 Å². The average Bonchev–Trinajstić information content (AvgIpc) is 2.39. The van der Waals surface area contributed by atoms with Crippen molar-refractivity contribution in [3.8, 4) is 0 Å². The minimum Gasteiger partial charge on any atom is -0.316 e. The van der Waals surface area contributed by atoms with Crippen LogP contribution in [0.15, 0.2) is 0 Å². The Morgan fingerprint density at radius 2 is 1.89 bits per heavy atom. The molecule has 1 N–H and O–H groups in total. The van der Waals surface area contributed by atoms with E-state index in [1.165, 1.54) is 45.1 Å². The molecular formula is C17H36N2. The van der Waals surface area contributed by atoms with Gasteiger partial charge in [0, 0.05) is 19.1 Å². The molecule has 0 aromatic carbocycles. The summed E-state index contributed by atoms with van der Waals surface area (Å²) < 4.78 is 0. The molecular weight excluding hydrogens is 232 g/mol. The Balaban J connectivity index is 2.48. The highest BCUT2D eigenvalue weighted by Crippen LogP contribution is 2.30. The lowest BCUT2D eigenvalue weighted by Gasteiger charge is -2.41. The van der Waals surface area contributed by atoms with Gasteiger partial charge in [-0.05, 0) is 50.6 Å². The zero-order valence-corrected chi connectivity index (χ0v) is 14.0. The molecule has 1 rings (SSSR count). The number of nitrogens with one attached hydrogen (secondary N) is 1. The first-order valence-electron chi connectivity index (χ1n) is 8.43. The second kappa shape index (κ2) is 8.26. The summed E-state index contributed by atoms with van der Waals surface area (Å²) in [6, 6.07) is 0.811. The molecule has 1 aliphatic rings. The van der Waals surface area contributed by atoms with Crippen LogP contribution >= 0.6 is 0 Å². The number of hydrogen-bond acceptors (Lipinski definition) is 2. The number of hydrogen-bond donors (Lipinski definition) is 1. The number of rotatable bonds is 8. The smallest absolute Gasteiger partial charge is 0.0118 e. The molecule has 0 aromatic rings. The van der Waals surface area contributed by atoms with E-state index in [-0.39, 0.29) is 0 Å². The maximum Gasteiger partial charge on any atom is 0.0118 e. The SMILES string of the molecule is CCCNCC(C)(CC)CN(C)C1CCCCC1C. The maximum absolute atomic E-state index is 3.62. The molecule has 0 aliphatic heterocycles. The third-order valence-corrected chi connectivity index (χ3v) is 5.10. The van der Waals surface area contributed by atoms with Gasteiger partial charge in [0.05, 0.1) is 0 Å². The second-order valence-electron chi connectivity index (χ2n) is 7.09. The quantitative estimate of drug-likeness (QED) is 0.671. The van der Waals surface area contributed by atoms with Gasteiger partial charge in [0.2, 0.25) is 0 Å². The predicted octanol–water partition coefficient (Wildman–Crippen LogP) is 3.91. The summed E-state index contributed by atoms with van der Waals surface area (Å²) in [5.41, 5.74) is 0.418. The Kier molecular flexibility index (Phi) is 7.38. The summed E-state index contributed by atoms with van der Waals surface area (Å²) in [7, 11) is 2.35. The van der Waals surface area contributed by atoms with Crippen LogP contribution in [0.3, 0.4) is 0 Å². The van der Waals surface area contributed by atoms with Crippen molar-refractivity contribution >= 4 is 0 Å². The fourth-order valence-electron chi connectivity index (χ4n) is 3.53. The van der Waals surface area contributed by atoms with E-state index in [0.717, 1.165) is 25.0 Å². The average molecular weight is 268 g/mol. The zero-order chi connectivity index (χ0) is 14.3. The summed E-state index contributed by atoms with van der Waals surface area (Å²) in [5, 5.41) is 3.62. The Hall–Kier alpha value is -0.0800. The van der Waals surface area contributed by atoms with Crippen molar-refractivity contribution in [1.29, 1.82) is 0 Å². The standard InChI is InChI=1S/C17H36N2/c1-6-12-18-13-17(4,7-2)14-19(5)16-11-9-8-10-15(16)3/h15-16,18H,6-14H2,1-5H3. The van der Waals surface area contributed by atoms with E-state index < -0.39 is 0 Å². The van der Waals surface area contributed by atoms with E-state index in [1.807, 2.05) is 0 Å². The first-order chi connectivity index (χ1) is 9.02. The van der Waals surface area contributed by atoms with Gasteiger partial charge in [-0.2, -0.15) is 0 Å². The van der Waals surface area contributed by atoms with E-state index in [9.17, 15) is 0 Å². The van der Waals surface area contributed by atoms with Gasteiger partial charge < -0.3 is 10.2 Å². The molecule has 0 heterocycles. The lowest BCUT2D eigenvalue weighted by Crippen LogP contribution is -2.47. The first-order valence-corrected chi connectivity index (χ1v) is 8.43. The summed E-state index contributed by atoms with van der Waals surface area (Å²) in [5.74, 6) is 0.878. The highest BCUT2D eigenvalue weighted by atomic mass is 15.1. The molecule has 0 saturated heterocycles. The van der Waals surface area contributed by atoms with E-state index in [2.05, 4.69) is 45.0 Å². The van der Waals surface area contributed by atoms with Crippen molar-refractivity contribution in [3.63, 3.8) is 0 Å². The molecule has 2 heteroatoms. The molecule has 3 atom stereocenters. The first kappa shape index (κ1) is 17.0. The van der Waals surface area contributed by atoms with Crippen LogP contribution in [0.25, 0.3) is 0 Å². The van der Waals surface area contributed by atoms with Crippen LogP contribution in [-0.4, -0.2) is 37.6 Å². The normalized spacial score (nSPS) is 27.5. The minimum absolute atomic E-state index is 0.418. The summed E-state index contributed by atoms with van der Waals surface area (Å²) in [4.78, 5) is 2.65. The second-order valence-corrected chi connectivity index (χ2v) is 7.09. The van der Waals surface area contributed by atoms with Crippen LogP contribution in [0.5, 0.6) is 0 Å². The van der Waals surface area contributed by atoms with Crippen LogP contribution in [0.2, 0.25) is 0 Å². The molecule has 1 aliphatic carbocycles. The molecule has 2 nitrogen and oxygen atoms in total. The van der Waals surface area contributed by atoms with Gasteiger partial charge in [-0.15, -0.1) is 0 Å². The van der Waals surface area contributed by atoms with Crippen LogP contribution in [0.1, 0.15) is 66.2 Å². The van der Waals surface area contributed by atoms with Crippen LogP contribution < -0.4 is 5.32 Å². The third-order valence-electron chi connectivity index (χ3n) is 5.10. The van der Waals surface area contributed by atoms with Crippen molar-refractivity contribution in [2.24, 2.45) is 11.3 Å². The Morgan fingerprint density at radius 3 is 2.47 bits per heavy atom. The molecule has 0 radical (unpaired) electrons. The van der Waals surface area contributed by atoms with Crippen molar-refractivity contribution in [3.05, 3.63) is 0 Å². The van der Waals surface area contributed by atoms with Crippen molar-refractivity contribution in [2.45, 2.75) is 72.3 Å². The molecule has 1 saturated carbocycles. The fraction of sp³-hybridized carbons (Fsp3) is 1.00.